The number of hydrogen-bond donors (Lipinski definition) is 3. The second-order valence-electron chi connectivity index (χ2n) is 7.21. The first kappa shape index (κ1) is 25.9. The highest BCUT2D eigenvalue weighted by Crippen LogP contribution is 2.35. The quantitative estimate of drug-likeness (QED) is 0.234. The summed E-state index contributed by atoms with van der Waals surface area (Å²) in [6.45, 7) is -0.474. The van der Waals surface area contributed by atoms with Crippen molar-refractivity contribution in [1.29, 1.82) is 5.41 Å². The fourth-order valence-electron chi connectivity index (χ4n) is 3.29. The van der Waals surface area contributed by atoms with E-state index in [1.54, 1.807) is 0 Å². The molecule has 11 heteroatoms. The Bertz CT molecular complexity index is 1330. The summed E-state index contributed by atoms with van der Waals surface area (Å²) in [5, 5.41) is 19.8. The molecule has 0 bridgehead atoms. The van der Waals surface area contributed by atoms with Gasteiger partial charge in [0.2, 0.25) is 0 Å². The molecule has 0 aliphatic heterocycles. The summed E-state index contributed by atoms with van der Waals surface area (Å²) in [5.74, 6) is -2.94. The van der Waals surface area contributed by atoms with Gasteiger partial charge in [0, 0.05) is 11.1 Å². The van der Waals surface area contributed by atoms with Gasteiger partial charge in [0.1, 0.15) is 5.82 Å². The van der Waals surface area contributed by atoms with E-state index in [9.17, 15) is 32.3 Å². The first-order valence-electron chi connectivity index (χ1n) is 9.86. The number of rotatable bonds is 6. The Kier molecular flexibility index (Phi) is 7.57. The van der Waals surface area contributed by atoms with E-state index in [0.29, 0.717) is 6.07 Å². The zero-order chi connectivity index (χ0) is 25.9. The van der Waals surface area contributed by atoms with Crippen LogP contribution in [0.2, 0.25) is 5.02 Å². The number of aliphatic hydroxyl groups excluding tert-OH is 1. The molecule has 3 aromatic rings. The number of nitrogens with one attached hydrogen (secondary N) is 2. The van der Waals surface area contributed by atoms with Crippen LogP contribution in [0.3, 0.4) is 0 Å². The molecule has 3 N–H and O–H groups in total. The van der Waals surface area contributed by atoms with E-state index in [2.05, 4.69) is 10.1 Å². The smallest absolute Gasteiger partial charge is 0.417 e. The monoisotopic (exact) mass is 508 g/mol. The molecule has 0 atom stereocenters. The first-order chi connectivity index (χ1) is 16.5. The fourth-order valence-corrected chi connectivity index (χ4v) is 3.56. The molecule has 0 spiro atoms. The highest BCUT2D eigenvalue weighted by Gasteiger charge is 2.36. The molecule has 0 radical (unpaired) electrons. The largest absolute Gasteiger partial charge is 0.465 e. The van der Waals surface area contributed by atoms with Gasteiger partial charge in [-0.05, 0) is 42.0 Å². The predicted molar refractivity (Wildman–Crippen MR) is 120 cm³/mol. The van der Waals surface area contributed by atoms with Crippen LogP contribution in [0.1, 0.15) is 43.0 Å². The second-order valence-corrected chi connectivity index (χ2v) is 7.62. The van der Waals surface area contributed by atoms with Gasteiger partial charge >= 0.3 is 12.1 Å². The number of alkyl halides is 3. The Labute approximate surface area is 201 Å². The maximum atomic E-state index is 14.7. The first-order valence-corrected chi connectivity index (χ1v) is 10.2. The van der Waals surface area contributed by atoms with Crippen LogP contribution in [0.25, 0.3) is 0 Å². The SMILES string of the molecule is COC(=O)c1ccc(C(=N)c2ccc(CO)cc2NC(=O)c2c(Cl)cccc2C(F)(F)F)c(F)c1. The maximum absolute atomic E-state index is 14.7. The molecule has 0 aromatic heterocycles. The van der Waals surface area contributed by atoms with E-state index >= 15 is 0 Å². The molecular formula is C24H17ClF4N2O4. The molecule has 3 aromatic carbocycles. The molecule has 35 heavy (non-hydrogen) atoms. The van der Waals surface area contributed by atoms with Crippen molar-refractivity contribution in [3.05, 3.63) is 98.8 Å². The fraction of sp³-hybridized carbons (Fsp3) is 0.125. The summed E-state index contributed by atoms with van der Waals surface area (Å²) in [6.07, 6.45) is -4.87. The van der Waals surface area contributed by atoms with Crippen molar-refractivity contribution in [2.75, 3.05) is 12.4 Å². The summed E-state index contributed by atoms with van der Waals surface area (Å²) in [5.41, 5.74) is -2.81. The van der Waals surface area contributed by atoms with Crippen molar-refractivity contribution >= 4 is 34.9 Å². The summed E-state index contributed by atoms with van der Waals surface area (Å²) < 4.78 is 59.6. The Morgan fingerprint density at radius 2 is 1.77 bits per heavy atom. The van der Waals surface area contributed by atoms with Crippen LogP contribution in [-0.2, 0) is 17.5 Å². The number of methoxy groups -OCH3 is 1. The van der Waals surface area contributed by atoms with E-state index in [1.807, 2.05) is 0 Å². The lowest BCUT2D eigenvalue weighted by Crippen LogP contribution is -2.21. The van der Waals surface area contributed by atoms with E-state index < -0.39 is 52.3 Å². The molecular weight excluding hydrogens is 492 g/mol. The lowest BCUT2D eigenvalue weighted by Gasteiger charge is -2.17. The predicted octanol–water partition coefficient (Wildman–Crippen LogP) is 5.45. The highest BCUT2D eigenvalue weighted by molar-refractivity contribution is 6.34. The zero-order valence-corrected chi connectivity index (χ0v) is 18.7. The van der Waals surface area contributed by atoms with Gasteiger partial charge in [-0.1, -0.05) is 29.8 Å². The van der Waals surface area contributed by atoms with E-state index in [0.717, 1.165) is 31.4 Å². The minimum absolute atomic E-state index is 0.0547. The highest BCUT2D eigenvalue weighted by atomic mass is 35.5. The molecule has 182 valence electrons. The number of ether oxygens (including phenoxy) is 1. The Morgan fingerprint density at radius 1 is 1.09 bits per heavy atom. The van der Waals surface area contributed by atoms with Gasteiger partial charge in [0.25, 0.3) is 5.91 Å². The van der Waals surface area contributed by atoms with Crippen molar-refractivity contribution in [2.45, 2.75) is 12.8 Å². The van der Waals surface area contributed by atoms with Crippen LogP contribution < -0.4 is 5.32 Å². The Balaban J connectivity index is 2.06. The maximum Gasteiger partial charge on any atom is 0.417 e. The number of carbonyl (C=O) groups excluding carboxylic acids is 2. The normalized spacial score (nSPS) is 11.2. The molecule has 0 saturated carbocycles. The van der Waals surface area contributed by atoms with Gasteiger partial charge in [-0.2, -0.15) is 13.2 Å². The molecule has 0 aliphatic carbocycles. The average molecular weight is 509 g/mol. The number of halogens is 5. The number of amides is 1. The van der Waals surface area contributed by atoms with E-state index in [-0.39, 0.29) is 27.9 Å². The number of carbonyl (C=O) groups is 2. The van der Waals surface area contributed by atoms with E-state index in [4.69, 9.17) is 17.0 Å². The summed E-state index contributed by atoms with van der Waals surface area (Å²) in [4.78, 5) is 24.5. The van der Waals surface area contributed by atoms with Crippen molar-refractivity contribution in [3.8, 4) is 0 Å². The number of benzene rings is 3. The van der Waals surface area contributed by atoms with Crippen molar-refractivity contribution in [3.63, 3.8) is 0 Å². The zero-order valence-electron chi connectivity index (χ0n) is 18.0. The van der Waals surface area contributed by atoms with Crippen LogP contribution in [0.5, 0.6) is 0 Å². The molecule has 3 rings (SSSR count). The number of aliphatic hydroxyl groups is 1. The van der Waals surface area contributed by atoms with Crippen molar-refractivity contribution in [1.82, 2.24) is 0 Å². The van der Waals surface area contributed by atoms with E-state index in [1.165, 1.54) is 24.3 Å². The third-order valence-corrected chi connectivity index (χ3v) is 5.30. The molecule has 0 fully saturated rings. The van der Waals surface area contributed by atoms with Crippen molar-refractivity contribution < 1.29 is 37.0 Å². The van der Waals surface area contributed by atoms with Gasteiger partial charge in [-0.15, -0.1) is 0 Å². The summed E-state index contributed by atoms with van der Waals surface area (Å²) in [6, 6.07) is 10.1. The van der Waals surface area contributed by atoms with Crippen LogP contribution in [0.4, 0.5) is 23.2 Å². The standard InChI is InChI=1S/C24H17ClF4N2O4/c1-35-23(34)13-6-8-14(18(26)10-13)21(30)15-7-5-12(11-32)9-19(15)31-22(33)20-16(24(27,28)29)3-2-4-17(20)25/h2-10,30,32H,11H2,1H3,(H,31,33). The molecule has 6 nitrogen and oxygen atoms in total. The molecule has 0 saturated heterocycles. The topological polar surface area (TPSA) is 99.5 Å². The van der Waals surface area contributed by atoms with Gasteiger partial charge in [0.05, 0.1) is 46.8 Å². The Morgan fingerprint density at radius 3 is 2.37 bits per heavy atom. The van der Waals surface area contributed by atoms with Crippen LogP contribution in [0.15, 0.2) is 54.6 Å². The Hall–Kier alpha value is -3.76. The lowest BCUT2D eigenvalue weighted by molar-refractivity contribution is -0.137. The lowest BCUT2D eigenvalue weighted by atomic mass is 9.97. The van der Waals surface area contributed by atoms with Gasteiger partial charge in [0.15, 0.2) is 0 Å². The third kappa shape index (κ3) is 5.50. The minimum Gasteiger partial charge on any atom is -0.465 e. The van der Waals surface area contributed by atoms with Crippen LogP contribution >= 0.6 is 11.6 Å². The number of anilines is 1. The average Bonchev–Trinajstić information content (AvgIpc) is 2.82. The molecule has 0 unspecified atom stereocenters. The van der Waals surface area contributed by atoms with Gasteiger partial charge in [-0.25, -0.2) is 9.18 Å². The molecule has 1 amide bonds. The van der Waals surface area contributed by atoms with Crippen molar-refractivity contribution in [2.24, 2.45) is 0 Å². The third-order valence-electron chi connectivity index (χ3n) is 4.99. The summed E-state index contributed by atoms with van der Waals surface area (Å²) in [7, 11) is 1.12. The number of esters is 1. The number of hydrogen-bond acceptors (Lipinski definition) is 5. The van der Waals surface area contributed by atoms with Crippen LogP contribution in [0, 0.1) is 11.2 Å². The minimum atomic E-state index is -4.87. The second kappa shape index (κ2) is 10.2. The summed E-state index contributed by atoms with van der Waals surface area (Å²) >= 11 is 5.90. The molecule has 0 aliphatic rings. The van der Waals surface area contributed by atoms with Crippen LogP contribution in [-0.4, -0.2) is 29.8 Å². The molecule has 0 heterocycles. The van der Waals surface area contributed by atoms with Gasteiger partial charge < -0.3 is 15.2 Å². The van der Waals surface area contributed by atoms with Gasteiger partial charge in [-0.3, -0.25) is 10.2 Å².